The van der Waals surface area contributed by atoms with Crippen molar-refractivity contribution >= 4 is 23.2 Å². The Hall–Kier alpha value is -3.68. The molecule has 0 unspecified atom stereocenters. The number of amides is 2. The zero-order valence-electron chi connectivity index (χ0n) is 21.8. The van der Waals surface area contributed by atoms with Crippen LogP contribution in [0.5, 0.6) is 11.5 Å². The largest absolute Gasteiger partial charge is 0.497 e. The molecule has 0 saturated heterocycles. The average Bonchev–Trinajstić information content (AvgIpc) is 2.92. The number of rotatable bonds is 15. The van der Waals surface area contributed by atoms with Crippen LogP contribution < -0.4 is 20.3 Å². The summed E-state index contributed by atoms with van der Waals surface area (Å²) in [6, 6.07) is 15.2. The second kappa shape index (κ2) is 16.1. The monoisotopic (exact) mass is 494 g/mol. The first kappa shape index (κ1) is 28.6. The molecule has 2 N–H and O–H groups in total. The lowest BCUT2D eigenvalue weighted by Gasteiger charge is -2.07. The van der Waals surface area contributed by atoms with E-state index < -0.39 is 0 Å². The molecule has 2 aromatic rings. The molecule has 0 radical (unpaired) electrons. The number of methoxy groups -OCH3 is 2. The van der Waals surface area contributed by atoms with Gasteiger partial charge in [-0.3, -0.25) is 9.59 Å². The summed E-state index contributed by atoms with van der Waals surface area (Å²) in [5.41, 5.74) is 8.85. The Bertz CT molecular complexity index is 931. The Morgan fingerprint density at radius 3 is 1.31 bits per heavy atom. The maximum absolute atomic E-state index is 12.1. The third-order valence-corrected chi connectivity index (χ3v) is 5.71. The lowest BCUT2D eigenvalue weighted by atomic mass is 10.1. The molecule has 194 valence electrons. The number of hydrogen-bond acceptors (Lipinski definition) is 6. The van der Waals surface area contributed by atoms with Gasteiger partial charge in [0, 0.05) is 12.8 Å². The van der Waals surface area contributed by atoms with Crippen LogP contribution >= 0.6 is 0 Å². The SMILES string of the molecule is CCC(=NNC(=O)CCCCCCC(=O)NN=C(CC)c1ccc(OC)cc1)c1ccc(OC)cc1. The van der Waals surface area contributed by atoms with Gasteiger partial charge >= 0.3 is 0 Å². The number of carbonyl (C=O) groups excluding carboxylic acids is 2. The van der Waals surface area contributed by atoms with Crippen LogP contribution in [0.1, 0.15) is 76.3 Å². The summed E-state index contributed by atoms with van der Waals surface area (Å²) >= 11 is 0. The van der Waals surface area contributed by atoms with E-state index in [0.29, 0.717) is 25.7 Å². The molecule has 2 amide bonds. The summed E-state index contributed by atoms with van der Waals surface area (Å²) in [6.45, 7) is 4.00. The number of benzene rings is 2. The van der Waals surface area contributed by atoms with Gasteiger partial charge in [-0.25, -0.2) is 10.9 Å². The summed E-state index contributed by atoms with van der Waals surface area (Å²) < 4.78 is 10.3. The molecule has 0 aliphatic heterocycles. The summed E-state index contributed by atoms with van der Waals surface area (Å²) in [5.74, 6) is 1.35. The summed E-state index contributed by atoms with van der Waals surface area (Å²) in [5, 5.41) is 8.57. The second-order valence-electron chi connectivity index (χ2n) is 8.27. The smallest absolute Gasteiger partial charge is 0.240 e. The van der Waals surface area contributed by atoms with Gasteiger partial charge in [0.15, 0.2) is 0 Å². The Morgan fingerprint density at radius 2 is 1.00 bits per heavy atom. The minimum atomic E-state index is -0.104. The quantitative estimate of drug-likeness (QED) is 0.202. The predicted molar refractivity (Wildman–Crippen MR) is 144 cm³/mol. The van der Waals surface area contributed by atoms with Crippen molar-refractivity contribution in [3.05, 3.63) is 59.7 Å². The van der Waals surface area contributed by atoms with Gasteiger partial charge in [-0.2, -0.15) is 10.2 Å². The normalized spacial score (nSPS) is 11.7. The van der Waals surface area contributed by atoms with E-state index in [1.54, 1.807) is 14.2 Å². The molecule has 0 spiro atoms. The maximum atomic E-state index is 12.1. The molecule has 8 nitrogen and oxygen atoms in total. The number of nitrogens with zero attached hydrogens (tertiary/aromatic N) is 2. The van der Waals surface area contributed by atoms with Crippen LogP contribution in [0.4, 0.5) is 0 Å². The number of unbranched alkanes of at least 4 members (excludes halogenated alkanes) is 3. The van der Waals surface area contributed by atoms with Gasteiger partial charge < -0.3 is 9.47 Å². The summed E-state index contributed by atoms with van der Waals surface area (Å²) in [4.78, 5) is 24.3. The minimum absolute atomic E-state index is 0.104. The number of hydrogen-bond donors (Lipinski definition) is 2. The first-order valence-corrected chi connectivity index (χ1v) is 12.5. The molecule has 36 heavy (non-hydrogen) atoms. The van der Waals surface area contributed by atoms with Gasteiger partial charge in [0.1, 0.15) is 11.5 Å². The molecule has 0 heterocycles. The molecule has 2 rings (SSSR count). The lowest BCUT2D eigenvalue weighted by Crippen LogP contribution is -2.20. The highest BCUT2D eigenvalue weighted by molar-refractivity contribution is 6.01. The average molecular weight is 495 g/mol. The van der Waals surface area contributed by atoms with E-state index in [-0.39, 0.29) is 11.8 Å². The van der Waals surface area contributed by atoms with Gasteiger partial charge in [-0.15, -0.1) is 0 Å². The van der Waals surface area contributed by atoms with E-state index in [2.05, 4.69) is 21.1 Å². The fraction of sp³-hybridized carbons (Fsp3) is 0.429. The number of nitrogens with one attached hydrogen (secondary N) is 2. The van der Waals surface area contributed by atoms with Crippen molar-refractivity contribution in [3.8, 4) is 11.5 Å². The van der Waals surface area contributed by atoms with E-state index in [4.69, 9.17) is 9.47 Å². The standard InChI is InChI=1S/C28H38N4O4/c1-5-25(21-13-17-23(35-3)18-14-21)29-31-27(33)11-9-7-8-10-12-28(34)32-30-26(6-2)22-15-19-24(36-4)20-16-22/h13-20H,5-12H2,1-4H3,(H,31,33)(H,32,34). The van der Waals surface area contributed by atoms with Crippen molar-refractivity contribution in [1.82, 2.24) is 10.9 Å². The highest BCUT2D eigenvalue weighted by Crippen LogP contribution is 2.14. The summed E-state index contributed by atoms with van der Waals surface area (Å²) in [7, 11) is 3.25. The Labute approximate surface area is 214 Å². The highest BCUT2D eigenvalue weighted by Gasteiger charge is 2.06. The topological polar surface area (TPSA) is 101 Å². The van der Waals surface area contributed by atoms with Crippen LogP contribution in [0.2, 0.25) is 0 Å². The predicted octanol–water partition coefficient (Wildman–Crippen LogP) is 5.21. The van der Waals surface area contributed by atoms with E-state index in [1.165, 1.54) is 0 Å². The van der Waals surface area contributed by atoms with Crippen LogP contribution in [0, 0.1) is 0 Å². The lowest BCUT2D eigenvalue weighted by molar-refractivity contribution is -0.122. The van der Waals surface area contributed by atoms with Crippen molar-refractivity contribution in [1.29, 1.82) is 0 Å². The summed E-state index contributed by atoms with van der Waals surface area (Å²) in [6.07, 6.45) is 5.47. The van der Waals surface area contributed by atoms with Crippen LogP contribution in [-0.4, -0.2) is 37.5 Å². The fourth-order valence-corrected chi connectivity index (χ4v) is 3.56. The highest BCUT2D eigenvalue weighted by atomic mass is 16.5. The van der Waals surface area contributed by atoms with Gasteiger partial charge in [-0.1, -0.05) is 26.7 Å². The Morgan fingerprint density at radius 1 is 0.639 bits per heavy atom. The zero-order valence-corrected chi connectivity index (χ0v) is 21.8. The first-order chi connectivity index (χ1) is 17.5. The van der Waals surface area contributed by atoms with Gasteiger partial charge in [-0.05, 0) is 85.3 Å². The molecular formula is C28H38N4O4. The van der Waals surface area contributed by atoms with E-state index in [0.717, 1.165) is 59.7 Å². The molecule has 0 aliphatic rings. The van der Waals surface area contributed by atoms with Crippen molar-refractivity contribution < 1.29 is 19.1 Å². The molecule has 0 bridgehead atoms. The fourth-order valence-electron chi connectivity index (χ4n) is 3.56. The van der Waals surface area contributed by atoms with Gasteiger partial charge in [0.25, 0.3) is 0 Å². The molecular weight excluding hydrogens is 456 g/mol. The number of carbonyl (C=O) groups is 2. The number of ether oxygens (including phenoxy) is 2. The van der Waals surface area contributed by atoms with E-state index >= 15 is 0 Å². The van der Waals surface area contributed by atoms with Gasteiger partial charge in [0.05, 0.1) is 25.6 Å². The van der Waals surface area contributed by atoms with Crippen molar-refractivity contribution in [3.63, 3.8) is 0 Å². The minimum Gasteiger partial charge on any atom is -0.497 e. The third-order valence-electron chi connectivity index (χ3n) is 5.71. The molecule has 0 aromatic heterocycles. The molecule has 0 aliphatic carbocycles. The van der Waals surface area contributed by atoms with Crippen LogP contribution in [0.15, 0.2) is 58.7 Å². The van der Waals surface area contributed by atoms with Crippen molar-refractivity contribution in [2.24, 2.45) is 10.2 Å². The Kier molecular flexibility index (Phi) is 12.8. The molecule has 2 aromatic carbocycles. The third kappa shape index (κ3) is 9.90. The maximum Gasteiger partial charge on any atom is 0.240 e. The second-order valence-corrected chi connectivity index (χ2v) is 8.27. The van der Waals surface area contributed by atoms with Crippen LogP contribution in [0.25, 0.3) is 0 Å². The molecule has 0 saturated carbocycles. The zero-order chi connectivity index (χ0) is 26.2. The van der Waals surface area contributed by atoms with Gasteiger partial charge in [0.2, 0.25) is 11.8 Å². The van der Waals surface area contributed by atoms with Crippen LogP contribution in [0.3, 0.4) is 0 Å². The first-order valence-electron chi connectivity index (χ1n) is 12.5. The molecule has 0 fully saturated rings. The van der Waals surface area contributed by atoms with Crippen molar-refractivity contribution in [2.45, 2.75) is 65.2 Å². The number of hydrazone groups is 2. The van der Waals surface area contributed by atoms with E-state index in [9.17, 15) is 9.59 Å². The van der Waals surface area contributed by atoms with E-state index in [1.807, 2.05) is 62.4 Å². The molecule has 0 atom stereocenters. The Balaban J connectivity index is 1.64. The molecule has 8 heteroatoms. The van der Waals surface area contributed by atoms with Crippen LogP contribution in [-0.2, 0) is 9.59 Å². The van der Waals surface area contributed by atoms with Crippen molar-refractivity contribution in [2.75, 3.05) is 14.2 Å².